The first-order valence-corrected chi connectivity index (χ1v) is 12.1. The summed E-state index contributed by atoms with van der Waals surface area (Å²) >= 11 is 0. The first-order valence-electron chi connectivity index (χ1n) is 12.1. The SMILES string of the molecule is Cc1nc2c(OCCn3cc(C(c4ccccc4)c4ccccc4)ccc3=O)cccc2n1CC(=O)O. The number of hydrogen-bond donors (Lipinski definition) is 1. The third-order valence-electron chi connectivity index (χ3n) is 6.42. The summed E-state index contributed by atoms with van der Waals surface area (Å²) in [5.74, 6) is 0.216. The van der Waals surface area contributed by atoms with Crippen LogP contribution in [-0.4, -0.2) is 31.8 Å². The fourth-order valence-electron chi connectivity index (χ4n) is 4.71. The molecule has 37 heavy (non-hydrogen) atoms. The van der Waals surface area contributed by atoms with E-state index in [1.165, 1.54) is 0 Å². The van der Waals surface area contributed by atoms with Crippen molar-refractivity contribution in [2.45, 2.75) is 25.9 Å². The Morgan fingerprint density at radius 2 is 1.57 bits per heavy atom. The van der Waals surface area contributed by atoms with Gasteiger partial charge in [-0.25, -0.2) is 4.98 Å². The lowest BCUT2D eigenvalue weighted by Gasteiger charge is -2.20. The van der Waals surface area contributed by atoms with Crippen molar-refractivity contribution in [1.82, 2.24) is 14.1 Å². The van der Waals surface area contributed by atoms with Crippen LogP contribution >= 0.6 is 0 Å². The van der Waals surface area contributed by atoms with Crippen molar-refractivity contribution in [3.63, 3.8) is 0 Å². The van der Waals surface area contributed by atoms with Crippen molar-refractivity contribution < 1.29 is 14.6 Å². The van der Waals surface area contributed by atoms with Crippen LogP contribution < -0.4 is 10.3 Å². The second-order valence-corrected chi connectivity index (χ2v) is 8.86. The Bertz CT molecular complexity index is 1550. The van der Waals surface area contributed by atoms with Crippen molar-refractivity contribution in [3.05, 3.63) is 130 Å². The van der Waals surface area contributed by atoms with E-state index in [1.807, 2.05) is 60.8 Å². The van der Waals surface area contributed by atoms with Gasteiger partial charge in [0.2, 0.25) is 0 Å². The van der Waals surface area contributed by atoms with Crippen LogP contribution in [0.2, 0.25) is 0 Å². The van der Waals surface area contributed by atoms with E-state index in [1.54, 1.807) is 28.2 Å². The summed E-state index contributed by atoms with van der Waals surface area (Å²) in [6.07, 6.45) is 1.91. The van der Waals surface area contributed by atoms with Crippen molar-refractivity contribution in [2.75, 3.05) is 6.61 Å². The molecule has 0 fully saturated rings. The number of carboxylic acid groups (broad SMARTS) is 1. The molecule has 1 N–H and O–H groups in total. The Kier molecular flexibility index (Phi) is 6.85. The van der Waals surface area contributed by atoms with Crippen LogP contribution in [-0.2, 0) is 17.9 Å². The molecule has 0 saturated heterocycles. The third-order valence-corrected chi connectivity index (χ3v) is 6.42. The normalized spacial score (nSPS) is 11.2. The molecule has 0 saturated carbocycles. The fourth-order valence-corrected chi connectivity index (χ4v) is 4.71. The number of carboxylic acids is 1. The molecule has 0 radical (unpaired) electrons. The van der Waals surface area contributed by atoms with E-state index in [4.69, 9.17) is 4.74 Å². The zero-order chi connectivity index (χ0) is 25.8. The number of aliphatic carboxylic acids is 1. The van der Waals surface area contributed by atoms with Crippen LogP contribution in [0.15, 0.2) is 102 Å². The first-order chi connectivity index (χ1) is 18.0. The molecule has 5 rings (SSSR count). The van der Waals surface area contributed by atoms with E-state index in [0.717, 1.165) is 16.7 Å². The van der Waals surface area contributed by atoms with E-state index in [9.17, 15) is 14.7 Å². The highest BCUT2D eigenvalue weighted by molar-refractivity contribution is 5.83. The number of ether oxygens (including phenoxy) is 1. The number of hydrogen-bond acceptors (Lipinski definition) is 4. The maximum atomic E-state index is 12.7. The van der Waals surface area contributed by atoms with Crippen LogP contribution in [0, 0.1) is 6.92 Å². The third kappa shape index (κ3) is 5.16. The number of imidazole rings is 1. The van der Waals surface area contributed by atoms with Crippen LogP contribution in [0.1, 0.15) is 28.4 Å². The second-order valence-electron chi connectivity index (χ2n) is 8.86. The zero-order valence-electron chi connectivity index (χ0n) is 20.4. The van der Waals surface area contributed by atoms with Gasteiger partial charge in [-0.05, 0) is 35.7 Å². The lowest BCUT2D eigenvalue weighted by Crippen LogP contribution is -2.23. The minimum absolute atomic E-state index is 0.00917. The van der Waals surface area contributed by atoms with Crippen LogP contribution in [0.5, 0.6) is 5.75 Å². The van der Waals surface area contributed by atoms with E-state index < -0.39 is 5.97 Å². The molecule has 186 valence electrons. The molecule has 5 aromatic rings. The molecule has 0 amide bonds. The summed E-state index contributed by atoms with van der Waals surface area (Å²) < 4.78 is 9.35. The number of pyridine rings is 1. The van der Waals surface area contributed by atoms with Gasteiger partial charge in [0.15, 0.2) is 0 Å². The van der Waals surface area contributed by atoms with Gasteiger partial charge in [-0.1, -0.05) is 72.8 Å². The number of rotatable bonds is 9. The highest BCUT2D eigenvalue weighted by Gasteiger charge is 2.18. The number of aromatic nitrogens is 3. The predicted octanol–water partition coefficient (Wildman–Crippen LogP) is 4.85. The lowest BCUT2D eigenvalue weighted by molar-refractivity contribution is -0.137. The maximum absolute atomic E-state index is 12.7. The molecule has 0 unspecified atom stereocenters. The molecule has 0 atom stereocenters. The number of nitrogens with zero attached hydrogens (tertiary/aromatic N) is 3. The number of aryl methyl sites for hydroxylation is 1. The summed E-state index contributed by atoms with van der Waals surface area (Å²) in [6.45, 7) is 2.22. The zero-order valence-corrected chi connectivity index (χ0v) is 20.4. The van der Waals surface area contributed by atoms with Crippen molar-refractivity contribution in [3.8, 4) is 5.75 Å². The number of para-hydroxylation sites is 1. The number of carbonyl (C=O) groups is 1. The summed E-state index contributed by atoms with van der Waals surface area (Å²) in [5.41, 5.74) is 4.51. The van der Waals surface area contributed by atoms with Crippen LogP contribution in [0.25, 0.3) is 11.0 Å². The molecular formula is C30H27N3O4. The van der Waals surface area contributed by atoms with Crippen molar-refractivity contribution >= 4 is 17.0 Å². The number of benzene rings is 3. The van der Waals surface area contributed by atoms with Crippen LogP contribution in [0.3, 0.4) is 0 Å². The minimum atomic E-state index is -0.933. The average molecular weight is 494 g/mol. The van der Waals surface area contributed by atoms with Crippen molar-refractivity contribution in [1.29, 1.82) is 0 Å². The Hall–Kier alpha value is -4.65. The van der Waals surface area contributed by atoms with E-state index in [2.05, 4.69) is 29.2 Å². The Balaban J connectivity index is 1.40. The van der Waals surface area contributed by atoms with Gasteiger partial charge in [0.1, 0.15) is 30.2 Å². The maximum Gasteiger partial charge on any atom is 0.323 e. The quantitative estimate of drug-likeness (QED) is 0.317. The van der Waals surface area contributed by atoms with Gasteiger partial charge in [0.25, 0.3) is 5.56 Å². The lowest BCUT2D eigenvalue weighted by atomic mass is 9.86. The number of fused-ring (bicyclic) bond motifs is 1. The van der Waals surface area contributed by atoms with E-state index >= 15 is 0 Å². The molecule has 0 spiro atoms. The molecule has 2 aromatic heterocycles. The topological polar surface area (TPSA) is 86.4 Å². The van der Waals surface area contributed by atoms with E-state index in [-0.39, 0.29) is 24.6 Å². The Morgan fingerprint density at radius 1 is 0.892 bits per heavy atom. The Morgan fingerprint density at radius 3 is 2.22 bits per heavy atom. The highest BCUT2D eigenvalue weighted by Crippen LogP contribution is 2.31. The van der Waals surface area contributed by atoms with Gasteiger partial charge < -0.3 is 19.0 Å². The van der Waals surface area contributed by atoms with E-state index in [0.29, 0.717) is 29.2 Å². The van der Waals surface area contributed by atoms with Crippen molar-refractivity contribution in [2.24, 2.45) is 0 Å². The fraction of sp³-hybridized carbons (Fsp3) is 0.167. The largest absolute Gasteiger partial charge is 0.489 e. The van der Waals surface area contributed by atoms with Gasteiger partial charge in [0.05, 0.1) is 12.1 Å². The standard InChI is InChI=1S/C30H27N3O4/c1-21-31-30-25(33(21)20-28(35)36)13-8-14-26(30)37-18-17-32-19-24(15-16-27(32)34)29(22-9-4-2-5-10-22)23-11-6-3-7-12-23/h2-16,19,29H,17-18,20H2,1H3,(H,35,36). The molecule has 0 aliphatic rings. The minimum Gasteiger partial charge on any atom is -0.489 e. The molecule has 3 aromatic carbocycles. The summed E-state index contributed by atoms with van der Waals surface area (Å²) in [6, 6.07) is 29.4. The summed E-state index contributed by atoms with van der Waals surface area (Å²) in [7, 11) is 0. The molecule has 0 aliphatic carbocycles. The van der Waals surface area contributed by atoms with Gasteiger partial charge in [0, 0.05) is 18.2 Å². The predicted molar refractivity (Wildman–Crippen MR) is 142 cm³/mol. The van der Waals surface area contributed by atoms with Gasteiger partial charge >= 0.3 is 5.97 Å². The molecule has 7 nitrogen and oxygen atoms in total. The average Bonchev–Trinajstić information content (AvgIpc) is 3.22. The second kappa shape index (κ2) is 10.5. The smallest absolute Gasteiger partial charge is 0.323 e. The van der Waals surface area contributed by atoms with Gasteiger partial charge in [-0.2, -0.15) is 0 Å². The van der Waals surface area contributed by atoms with Gasteiger partial charge in [-0.15, -0.1) is 0 Å². The van der Waals surface area contributed by atoms with Crippen LogP contribution in [0.4, 0.5) is 0 Å². The molecule has 0 bridgehead atoms. The summed E-state index contributed by atoms with van der Waals surface area (Å²) in [5, 5.41) is 9.23. The molecular weight excluding hydrogens is 466 g/mol. The highest BCUT2D eigenvalue weighted by atomic mass is 16.5. The molecule has 2 heterocycles. The summed E-state index contributed by atoms with van der Waals surface area (Å²) in [4.78, 5) is 28.5. The Labute approximate surface area is 214 Å². The first kappa shape index (κ1) is 24.1. The monoisotopic (exact) mass is 493 g/mol. The molecule has 7 heteroatoms. The molecule has 0 aliphatic heterocycles. The van der Waals surface area contributed by atoms with Gasteiger partial charge in [-0.3, -0.25) is 9.59 Å².